The monoisotopic (exact) mass is 325 g/mol. The molecule has 1 saturated carbocycles. The molecule has 2 aliphatic rings. The van der Waals surface area contributed by atoms with Crippen molar-refractivity contribution in [1.29, 1.82) is 0 Å². The average molecular weight is 325 g/mol. The fourth-order valence-corrected chi connectivity index (χ4v) is 4.03. The number of thioether (sulfide) groups is 1. The summed E-state index contributed by atoms with van der Waals surface area (Å²) in [5.41, 5.74) is 0.131. The minimum absolute atomic E-state index is 0.0457. The van der Waals surface area contributed by atoms with Crippen molar-refractivity contribution >= 4 is 11.8 Å². The fraction of sp³-hybridized carbons (Fsp3) is 0.467. The van der Waals surface area contributed by atoms with Gasteiger partial charge in [0.1, 0.15) is 0 Å². The molecule has 1 aromatic carbocycles. The molecule has 22 heavy (non-hydrogen) atoms. The first-order valence-corrected chi connectivity index (χ1v) is 8.22. The Morgan fingerprint density at radius 1 is 1.23 bits per heavy atom. The first-order chi connectivity index (χ1) is 10.6. The molecule has 1 aliphatic carbocycles. The Morgan fingerprint density at radius 2 is 2.05 bits per heavy atom. The zero-order valence-corrected chi connectivity index (χ0v) is 12.5. The van der Waals surface area contributed by atoms with Crippen molar-refractivity contribution < 1.29 is 13.2 Å². The van der Waals surface area contributed by atoms with E-state index in [1.165, 1.54) is 23.2 Å². The molecule has 0 bridgehead atoms. The molecule has 0 N–H and O–H groups in total. The number of hydrogen-bond donors (Lipinski definition) is 0. The zero-order valence-electron chi connectivity index (χ0n) is 11.7. The Morgan fingerprint density at radius 3 is 2.77 bits per heavy atom. The van der Waals surface area contributed by atoms with E-state index in [0.717, 1.165) is 18.9 Å². The van der Waals surface area contributed by atoms with Crippen molar-refractivity contribution in [3.63, 3.8) is 0 Å². The normalized spacial score (nSPS) is 24.3. The first-order valence-electron chi connectivity index (χ1n) is 7.34. The molecule has 0 radical (unpaired) electrons. The summed E-state index contributed by atoms with van der Waals surface area (Å²) >= 11 is 1.54. The van der Waals surface area contributed by atoms with Crippen molar-refractivity contribution in [2.45, 2.75) is 48.3 Å². The maximum Gasteiger partial charge on any atom is 0.209 e. The van der Waals surface area contributed by atoms with Crippen molar-refractivity contribution in [1.82, 2.24) is 14.8 Å². The van der Waals surface area contributed by atoms with Gasteiger partial charge in [-0.25, -0.2) is 22.8 Å². The number of alkyl halides is 1. The highest BCUT2D eigenvalue weighted by molar-refractivity contribution is 7.99. The van der Waals surface area contributed by atoms with Gasteiger partial charge in [0.2, 0.25) is 5.16 Å². The van der Waals surface area contributed by atoms with E-state index in [1.807, 2.05) is 0 Å². The van der Waals surface area contributed by atoms with Crippen LogP contribution in [0.3, 0.4) is 0 Å². The molecule has 1 aliphatic heterocycles. The van der Waals surface area contributed by atoms with Gasteiger partial charge in [0.05, 0.1) is 6.04 Å². The summed E-state index contributed by atoms with van der Waals surface area (Å²) in [5.74, 6) is -1.64. The predicted octanol–water partition coefficient (Wildman–Crippen LogP) is 4.20. The molecule has 7 heteroatoms. The second-order valence-electron chi connectivity index (χ2n) is 5.73. The van der Waals surface area contributed by atoms with E-state index in [-0.39, 0.29) is 17.8 Å². The number of halogens is 3. The van der Waals surface area contributed by atoms with Crippen LogP contribution in [0.25, 0.3) is 0 Å². The van der Waals surface area contributed by atoms with Gasteiger partial charge < -0.3 is 0 Å². The minimum atomic E-state index is -1.30. The van der Waals surface area contributed by atoms with Crippen LogP contribution in [0.1, 0.15) is 49.3 Å². The molecule has 2 aromatic rings. The number of rotatable bonds is 3. The first kappa shape index (κ1) is 14.1. The van der Waals surface area contributed by atoms with Crippen LogP contribution in [0.15, 0.2) is 23.4 Å². The number of benzene rings is 1. The third-order valence-electron chi connectivity index (χ3n) is 4.31. The molecule has 0 spiro atoms. The van der Waals surface area contributed by atoms with Crippen LogP contribution in [-0.4, -0.2) is 20.0 Å². The highest BCUT2D eigenvalue weighted by Gasteiger charge is 2.37. The summed E-state index contributed by atoms with van der Waals surface area (Å²) in [7, 11) is 0. The molecular formula is C15H14F3N3S. The summed E-state index contributed by atoms with van der Waals surface area (Å²) in [6, 6.07) is 3.33. The van der Waals surface area contributed by atoms with Gasteiger partial charge in [-0.2, -0.15) is 0 Å². The molecular weight excluding hydrogens is 311 g/mol. The summed E-state index contributed by atoms with van der Waals surface area (Å²) in [5, 5.41) is 5.35. The van der Waals surface area contributed by atoms with Gasteiger partial charge in [0, 0.05) is 17.2 Å². The Kier molecular flexibility index (Phi) is 3.40. The van der Waals surface area contributed by atoms with Crippen LogP contribution in [-0.2, 0) is 0 Å². The SMILES string of the molecule is Fc1cccc(C2CC(F)c3nc(SC4CCC4)nn32)c1F. The van der Waals surface area contributed by atoms with Crippen molar-refractivity contribution in [3.8, 4) is 0 Å². The van der Waals surface area contributed by atoms with Crippen LogP contribution in [0, 0.1) is 11.6 Å². The molecule has 3 nitrogen and oxygen atoms in total. The molecule has 0 saturated heterocycles. The van der Waals surface area contributed by atoms with Crippen LogP contribution in [0.5, 0.6) is 0 Å². The molecule has 2 heterocycles. The van der Waals surface area contributed by atoms with Crippen LogP contribution in [0.2, 0.25) is 0 Å². The lowest BCUT2D eigenvalue weighted by atomic mass is 10.0. The summed E-state index contributed by atoms with van der Waals surface area (Å²) < 4.78 is 43.0. The predicted molar refractivity (Wildman–Crippen MR) is 76.5 cm³/mol. The second kappa shape index (κ2) is 5.30. The lowest BCUT2D eigenvalue weighted by Crippen LogP contribution is -2.14. The number of fused-ring (bicyclic) bond motifs is 1. The number of nitrogens with zero attached hydrogens (tertiary/aromatic N) is 3. The Labute approximate surface area is 129 Å². The molecule has 2 unspecified atom stereocenters. The van der Waals surface area contributed by atoms with Gasteiger partial charge in [-0.1, -0.05) is 30.3 Å². The van der Waals surface area contributed by atoms with E-state index in [4.69, 9.17) is 0 Å². The molecule has 1 fully saturated rings. The average Bonchev–Trinajstić information content (AvgIpc) is 2.98. The van der Waals surface area contributed by atoms with E-state index in [1.54, 1.807) is 11.8 Å². The summed E-state index contributed by atoms with van der Waals surface area (Å²) in [6.07, 6.45) is 2.19. The Bertz CT molecular complexity index is 714. The van der Waals surface area contributed by atoms with E-state index in [0.29, 0.717) is 10.4 Å². The second-order valence-corrected chi connectivity index (χ2v) is 7.00. The molecule has 1 aromatic heterocycles. The van der Waals surface area contributed by atoms with E-state index >= 15 is 0 Å². The molecule has 116 valence electrons. The third-order valence-corrected chi connectivity index (χ3v) is 5.50. The number of aromatic nitrogens is 3. The van der Waals surface area contributed by atoms with Gasteiger partial charge in [0.15, 0.2) is 23.6 Å². The van der Waals surface area contributed by atoms with Crippen molar-refractivity contribution in [2.75, 3.05) is 0 Å². The molecule has 4 rings (SSSR count). The highest BCUT2D eigenvalue weighted by Crippen LogP contribution is 2.42. The topological polar surface area (TPSA) is 30.7 Å². The maximum absolute atomic E-state index is 14.2. The van der Waals surface area contributed by atoms with Gasteiger partial charge in [-0.15, -0.1) is 5.10 Å². The largest absolute Gasteiger partial charge is 0.239 e. The lowest BCUT2D eigenvalue weighted by Gasteiger charge is -2.22. The Balaban J connectivity index is 1.68. The lowest BCUT2D eigenvalue weighted by molar-refractivity contribution is 0.324. The smallest absolute Gasteiger partial charge is 0.209 e. The number of hydrogen-bond acceptors (Lipinski definition) is 3. The van der Waals surface area contributed by atoms with Crippen LogP contribution >= 0.6 is 11.8 Å². The zero-order chi connectivity index (χ0) is 15.3. The van der Waals surface area contributed by atoms with Crippen LogP contribution < -0.4 is 0 Å². The van der Waals surface area contributed by atoms with Gasteiger partial charge in [0.25, 0.3) is 0 Å². The fourth-order valence-electron chi connectivity index (χ4n) is 2.88. The highest BCUT2D eigenvalue weighted by atomic mass is 32.2. The van der Waals surface area contributed by atoms with Gasteiger partial charge in [-0.05, 0) is 18.9 Å². The molecule has 2 atom stereocenters. The molecule has 0 amide bonds. The standard InChI is InChI=1S/C15H14F3N3S/c16-10-6-2-5-9(13(10)18)12-7-11(17)14-19-15(20-21(12)14)22-8-3-1-4-8/h2,5-6,8,11-12H,1,3-4,7H2. The Hall–Kier alpha value is -1.50. The minimum Gasteiger partial charge on any atom is -0.239 e. The third kappa shape index (κ3) is 2.22. The quantitative estimate of drug-likeness (QED) is 0.847. The van der Waals surface area contributed by atoms with Crippen molar-refractivity contribution in [3.05, 3.63) is 41.2 Å². The summed E-state index contributed by atoms with van der Waals surface area (Å²) in [6.45, 7) is 0. The van der Waals surface area contributed by atoms with E-state index in [9.17, 15) is 13.2 Å². The van der Waals surface area contributed by atoms with Gasteiger partial charge in [-0.3, -0.25) is 0 Å². The maximum atomic E-state index is 14.2. The van der Waals surface area contributed by atoms with E-state index in [2.05, 4.69) is 10.1 Å². The van der Waals surface area contributed by atoms with Gasteiger partial charge >= 0.3 is 0 Å². The van der Waals surface area contributed by atoms with E-state index < -0.39 is 23.8 Å². The summed E-state index contributed by atoms with van der Waals surface area (Å²) in [4.78, 5) is 4.25. The van der Waals surface area contributed by atoms with Crippen molar-refractivity contribution in [2.24, 2.45) is 0 Å². The van der Waals surface area contributed by atoms with Crippen LogP contribution in [0.4, 0.5) is 13.2 Å².